The fraction of sp³-hybridized carbons (Fsp3) is 0.188. The summed E-state index contributed by atoms with van der Waals surface area (Å²) in [5, 5.41) is 2.14. The zero-order valence-electron chi connectivity index (χ0n) is 12.4. The van der Waals surface area contributed by atoms with Gasteiger partial charge in [-0.15, -0.1) is 0 Å². The Bertz CT molecular complexity index is 762. The van der Waals surface area contributed by atoms with Gasteiger partial charge in [0.25, 0.3) is 0 Å². The molecule has 0 spiro atoms. The fourth-order valence-corrected chi connectivity index (χ4v) is 2.20. The summed E-state index contributed by atoms with van der Waals surface area (Å²) in [4.78, 5) is 12.0. The Balaban J connectivity index is 2.11. The van der Waals surface area contributed by atoms with Gasteiger partial charge in [-0.05, 0) is 36.4 Å². The number of methoxy groups -OCH3 is 1. The molecule has 0 radical (unpaired) electrons. The molecule has 0 saturated carbocycles. The summed E-state index contributed by atoms with van der Waals surface area (Å²) in [7, 11) is 1.29. The second kappa shape index (κ2) is 7.09. The van der Waals surface area contributed by atoms with Crippen LogP contribution in [0.3, 0.4) is 0 Å². The minimum atomic E-state index is -4.60. The lowest BCUT2D eigenvalue weighted by atomic mass is 10.1. The Morgan fingerprint density at radius 1 is 1.21 bits per heavy atom. The van der Waals surface area contributed by atoms with Crippen molar-refractivity contribution in [2.45, 2.75) is 6.18 Å². The van der Waals surface area contributed by atoms with Gasteiger partial charge in [-0.1, -0.05) is 11.6 Å². The van der Waals surface area contributed by atoms with E-state index in [0.29, 0.717) is 0 Å². The molecule has 0 saturated heterocycles. The van der Waals surface area contributed by atoms with Gasteiger partial charge < -0.3 is 10.1 Å². The van der Waals surface area contributed by atoms with Gasteiger partial charge >= 0.3 is 6.18 Å². The number of halogens is 5. The third kappa shape index (κ3) is 4.17. The standard InChI is InChI=1S/C16H12ClF4NO2/c1-24-15-5-2-9(6-13(15)18)14(23)8-22-10-3-4-12(17)11(7-10)16(19,20)21/h2-7,22H,8H2,1H3. The lowest BCUT2D eigenvalue weighted by Crippen LogP contribution is -2.15. The first kappa shape index (κ1) is 18.1. The molecule has 0 aliphatic heterocycles. The largest absolute Gasteiger partial charge is 0.494 e. The van der Waals surface area contributed by atoms with Crippen molar-refractivity contribution < 1.29 is 27.1 Å². The van der Waals surface area contributed by atoms with E-state index < -0.39 is 28.4 Å². The third-order valence-electron chi connectivity index (χ3n) is 3.20. The van der Waals surface area contributed by atoms with Crippen LogP contribution in [0.15, 0.2) is 36.4 Å². The number of hydrogen-bond acceptors (Lipinski definition) is 3. The molecule has 0 fully saturated rings. The van der Waals surface area contributed by atoms with Gasteiger partial charge in [-0.3, -0.25) is 4.79 Å². The first-order chi connectivity index (χ1) is 11.2. The Morgan fingerprint density at radius 2 is 1.92 bits per heavy atom. The maximum absolute atomic E-state index is 13.6. The molecule has 0 amide bonds. The van der Waals surface area contributed by atoms with Crippen molar-refractivity contribution in [3.05, 3.63) is 58.4 Å². The van der Waals surface area contributed by atoms with Crippen LogP contribution < -0.4 is 10.1 Å². The van der Waals surface area contributed by atoms with Crippen LogP contribution in [0.4, 0.5) is 23.2 Å². The summed E-state index contributed by atoms with van der Waals surface area (Å²) < 4.78 is 56.6. The second-order valence-electron chi connectivity index (χ2n) is 4.82. The molecule has 0 unspecified atom stereocenters. The minimum Gasteiger partial charge on any atom is -0.494 e. The van der Waals surface area contributed by atoms with E-state index in [4.69, 9.17) is 16.3 Å². The molecule has 0 aliphatic carbocycles. The number of carbonyl (C=O) groups is 1. The smallest absolute Gasteiger partial charge is 0.417 e. The first-order valence-corrected chi connectivity index (χ1v) is 7.07. The fourth-order valence-electron chi connectivity index (χ4n) is 1.98. The zero-order chi connectivity index (χ0) is 17.9. The first-order valence-electron chi connectivity index (χ1n) is 6.69. The van der Waals surface area contributed by atoms with Crippen LogP contribution in [0.25, 0.3) is 0 Å². The van der Waals surface area contributed by atoms with E-state index in [9.17, 15) is 22.4 Å². The number of ether oxygens (including phenoxy) is 1. The predicted octanol–water partition coefficient (Wildman–Crippen LogP) is 4.80. The molecule has 0 aromatic heterocycles. The maximum Gasteiger partial charge on any atom is 0.417 e. The molecule has 0 atom stereocenters. The highest BCUT2D eigenvalue weighted by molar-refractivity contribution is 6.31. The Kier molecular flexibility index (Phi) is 5.33. The Labute approximate surface area is 140 Å². The van der Waals surface area contributed by atoms with Crippen LogP contribution in [-0.4, -0.2) is 19.4 Å². The summed E-state index contributed by atoms with van der Waals surface area (Å²) in [6.45, 7) is -0.301. The molecule has 8 heteroatoms. The molecule has 3 nitrogen and oxygen atoms in total. The normalized spacial score (nSPS) is 11.2. The SMILES string of the molecule is COc1ccc(C(=O)CNc2ccc(Cl)c(C(F)(F)F)c2)cc1F. The average Bonchev–Trinajstić information content (AvgIpc) is 2.52. The number of nitrogens with one attached hydrogen (secondary N) is 1. The molecule has 0 aliphatic rings. The van der Waals surface area contributed by atoms with Gasteiger partial charge in [-0.2, -0.15) is 13.2 Å². The number of benzene rings is 2. The van der Waals surface area contributed by atoms with Crippen molar-refractivity contribution in [2.75, 3.05) is 19.0 Å². The number of anilines is 1. The highest BCUT2D eigenvalue weighted by atomic mass is 35.5. The van der Waals surface area contributed by atoms with Gasteiger partial charge in [0, 0.05) is 11.3 Å². The highest BCUT2D eigenvalue weighted by Gasteiger charge is 2.33. The molecular weight excluding hydrogens is 350 g/mol. The highest BCUT2D eigenvalue weighted by Crippen LogP contribution is 2.36. The number of carbonyl (C=O) groups excluding carboxylic acids is 1. The van der Waals surface area contributed by atoms with E-state index >= 15 is 0 Å². The van der Waals surface area contributed by atoms with E-state index in [0.717, 1.165) is 18.2 Å². The minimum absolute atomic E-state index is 0.00738. The Morgan fingerprint density at radius 3 is 2.50 bits per heavy atom. The van der Waals surface area contributed by atoms with Crippen LogP contribution >= 0.6 is 11.6 Å². The van der Waals surface area contributed by atoms with Crippen LogP contribution in [0, 0.1) is 5.82 Å². The third-order valence-corrected chi connectivity index (χ3v) is 3.53. The van der Waals surface area contributed by atoms with Gasteiger partial charge in [0.1, 0.15) is 0 Å². The van der Waals surface area contributed by atoms with E-state index in [2.05, 4.69) is 5.32 Å². The summed E-state index contributed by atoms with van der Waals surface area (Å²) in [5.41, 5.74) is -0.850. The number of Topliss-reactive ketones (excluding diaryl/α,β-unsaturated/α-hetero) is 1. The van der Waals surface area contributed by atoms with Gasteiger partial charge in [0.05, 0.1) is 24.2 Å². The van der Waals surface area contributed by atoms with Crippen molar-refractivity contribution >= 4 is 23.1 Å². The van der Waals surface area contributed by atoms with Crippen molar-refractivity contribution in [2.24, 2.45) is 0 Å². The van der Waals surface area contributed by atoms with Gasteiger partial charge in [0.15, 0.2) is 17.3 Å². The van der Waals surface area contributed by atoms with Crippen LogP contribution in [0.1, 0.15) is 15.9 Å². The van der Waals surface area contributed by atoms with Gasteiger partial charge in [-0.25, -0.2) is 4.39 Å². The van der Waals surface area contributed by atoms with E-state index in [1.54, 1.807) is 0 Å². The van der Waals surface area contributed by atoms with E-state index in [-0.39, 0.29) is 23.5 Å². The molecule has 24 heavy (non-hydrogen) atoms. The summed E-state index contributed by atoms with van der Waals surface area (Å²) in [6.07, 6.45) is -4.60. The lowest BCUT2D eigenvalue weighted by Gasteiger charge is -2.12. The number of hydrogen-bond donors (Lipinski definition) is 1. The van der Waals surface area contributed by atoms with Gasteiger partial charge in [0.2, 0.25) is 0 Å². The predicted molar refractivity (Wildman–Crippen MR) is 82.2 cm³/mol. The topological polar surface area (TPSA) is 38.3 Å². The molecule has 2 rings (SSSR count). The maximum atomic E-state index is 13.6. The summed E-state index contributed by atoms with van der Waals surface area (Å²) in [6, 6.07) is 6.89. The van der Waals surface area contributed by atoms with Crippen molar-refractivity contribution in [1.29, 1.82) is 0 Å². The molecule has 0 bridgehead atoms. The van der Waals surface area contributed by atoms with Crippen molar-refractivity contribution in [1.82, 2.24) is 0 Å². The average molecular weight is 362 g/mol. The summed E-state index contributed by atoms with van der Waals surface area (Å²) in [5.74, 6) is -1.19. The molecule has 0 heterocycles. The van der Waals surface area contributed by atoms with Crippen molar-refractivity contribution in [3.63, 3.8) is 0 Å². The molecule has 2 aromatic rings. The number of rotatable bonds is 5. The quantitative estimate of drug-likeness (QED) is 0.614. The van der Waals surface area contributed by atoms with Crippen LogP contribution in [0.5, 0.6) is 5.75 Å². The second-order valence-corrected chi connectivity index (χ2v) is 5.23. The molecule has 128 valence electrons. The molecule has 1 N–H and O–H groups in total. The summed E-state index contributed by atoms with van der Waals surface area (Å²) >= 11 is 5.52. The zero-order valence-corrected chi connectivity index (χ0v) is 13.1. The Hall–Kier alpha value is -2.28. The molecular formula is C16H12ClF4NO2. The number of ketones is 1. The lowest BCUT2D eigenvalue weighted by molar-refractivity contribution is -0.137. The van der Waals surface area contributed by atoms with E-state index in [1.165, 1.54) is 25.3 Å². The van der Waals surface area contributed by atoms with Crippen molar-refractivity contribution in [3.8, 4) is 5.75 Å². The van der Waals surface area contributed by atoms with E-state index in [1.807, 2.05) is 0 Å². The number of alkyl halides is 3. The van der Waals surface area contributed by atoms with Crippen LogP contribution in [0.2, 0.25) is 5.02 Å². The molecule has 2 aromatic carbocycles. The van der Waals surface area contributed by atoms with Crippen LogP contribution in [-0.2, 0) is 6.18 Å². The monoisotopic (exact) mass is 361 g/mol.